The van der Waals surface area contributed by atoms with Crippen LogP contribution in [0.2, 0.25) is 0 Å². The van der Waals surface area contributed by atoms with Gasteiger partial charge in [-0.1, -0.05) is 18.2 Å². The van der Waals surface area contributed by atoms with E-state index in [1.807, 2.05) is 24.3 Å². The summed E-state index contributed by atoms with van der Waals surface area (Å²) in [7, 11) is 0. The van der Waals surface area contributed by atoms with E-state index in [0.717, 1.165) is 17.7 Å². The lowest BCUT2D eigenvalue weighted by Gasteiger charge is -2.28. The van der Waals surface area contributed by atoms with Crippen LogP contribution in [0.1, 0.15) is 18.9 Å². The maximum Gasteiger partial charge on any atom is 0.240 e. The molecule has 2 amide bonds. The number of para-hydroxylation sites is 1. The van der Waals surface area contributed by atoms with Crippen molar-refractivity contribution in [3.8, 4) is 0 Å². The van der Waals surface area contributed by atoms with Gasteiger partial charge in [-0.25, -0.2) is 0 Å². The largest absolute Gasteiger partial charge is 0.392 e. The molecule has 0 spiro atoms. The highest BCUT2D eigenvalue weighted by Crippen LogP contribution is 2.26. The molecule has 5 nitrogen and oxygen atoms in total. The van der Waals surface area contributed by atoms with Gasteiger partial charge in [0.2, 0.25) is 11.8 Å². The third-order valence-electron chi connectivity index (χ3n) is 3.09. The number of aryl methyl sites for hydroxylation is 1. The van der Waals surface area contributed by atoms with Gasteiger partial charge in [0.1, 0.15) is 6.54 Å². The Morgan fingerprint density at radius 3 is 2.89 bits per heavy atom. The molecule has 1 aliphatic rings. The Bertz CT molecular complexity index is 485. The number of amides is 2. The summed E-state index contributed by atoms with van der Waals surface area (Å²) in [5, 5.41) is 11.7. The molecule has 0 bridgehead atoms. The van der Waals surface area contributed by atoms with Crippen molar-refractivity contribution in [2.75, 3.05) is 18.0 Å². The minimum absolute atomic E-state index is 0.00255. The summed E-state index contributed by atoms with van der Waals surface area (Å²) in [5.74, 6) is -0.295. The Kier molecular flexibility index (Phi) is 4.16. The average Bonchev–Trinajstić information content (AvgIpc) is 2.40. The molecule has 5 heteroatoms. The Morgan fingerprint density at radius 2 is 2.16 bits per heavy atom. The maximum absolute atomic E-state index is 11.9. The lowest BCUT2D eigenvalue weighted by atomic mass is 10.0. The summed E-state index contributed by atoms with van der Waals surface area (Å²) in [4.78, 5) is 25.2. The molecular formula is C14H18N2O3. The van der Waals surface area contributed by atoms with Gasteiger partial charge >= 0.3 is 0 Å². The van der Waals surface area contributed by atoms with E-state index in [-0.39, 0.29) is 24.9 Å². The van der Waals surface area contributed by atoms with Gasteiger partial charge in [-0.05, 0) is 25.0 Å². The van der Waals surface area contributed by atoms with Crippen molar-refractivity contribution in [3.05, 3.63) is 29.8 Å². The van der Waals surface area contributed by atoms with Crippen LogP contribution in [0.4, 0.5) is 5.69 Å². The van der Waals surface area contributed by atoms with E-state index in [1.54, 1.807) is 6.92 Å². The Labute approximate surface area is 112 Å². The van der Waals surface area contributed by atoms with Gasteiger partial charge < -0.3 is 15.3 Å². The fourth-order valence-corrected chi connectivity index (χ4v) is 2.13. The third-order valence-corrected chi connectivity index (χ3v) is 3.09. The van der Waals surface area contributed by atoms with E-state index in [9.17, 15) is 9.59 Å². The number of aliphatic hydroxyl groups excluding tert-OH is 1. The molecule has 1 aliphatic heterocycles. The van der Waals surface area contributed by atoms with Crippen molar-refractivity contribution in [1.29, 1.82) is 0 Å². The van der Waals surface area contributed by atoms with Crippen molar-refractivity contribution < 1.29 is 14.7 Å². The Hall–Kier alpha value is -1.88. The van der Waals surface area contributed by atoms with Gasteiger partial charge in [-0.15, -0.1) is 0 Å². The number of aliphatic hydroxyl groups is 1. The number of anilines is 1. The smallest absolute Gasteiger partial charge is 0.240 e. The predicted molar refractivity (Wildman–Crippen MR) is 71.8 cm³/mol. The van der Waals surface area contributed by atoms with E-state index in [2.05, 4.69) is 5.32 Å². The first kappa shape index (κ1) is 13.5. The van der Waals surface area contributed by atoms with Gasteiger partial charge in [0.15, 0.2) is 0 Å². The summed E-state index contributed by atoms with van der Waals surface area (Å²) in [6, 6.07) is 7.62. The molecule has 0 saturated heterocycles. The van der Waals surface area contributed by atoms with E-state index in [1.165, 1.54) is 4.90 Å². The van der Waals surface area contributed by atoms with Crippen molar-refractivity contribution in [2.45, 2.75) is 25.9 Å². The second kappa shape index (κ2) is 5.84. The summed E-state index contributed by atoms with van der Waals surface area (Å²) < 4.78 is 0. The van der Waals surface area contributed by atoms with Crippen LogP contribution in [-0.4, -0.2) is 36.1 Å². The highest BCUT2D eigenvalue weighted by molar-refractivity contribution is 6.00. The Morgan fingerprint density at radius 1 is 1.42 bits per heavy atom. The second-order valence-electron chi connectivity index (χ2n) is 4.76. The van der Waals surface area contributed by atoms with Crippen molar-refractivity contribution in [3.63, 3.8) is 0 Å². The molecule has 1 aromatic carbocycles. The van der Waals surface area contributed by atoms with E-state index in [0.29, 0.717) is 6.42 Å². The highest BCUT2D eigenvalue weighted by atomic mass is 16.3. The standard InChI is InChI=1S/C14H18N2O3/c1-10(17)8-15-13(18)9-16-12-5-3-2-4-11(12)6-7-14(16)19/h2-5,10,17H,6-9H2,1H3,(H,15,18). The average molecular weight is 262 g/mol. The first-order chi connectivity index (χ1) is 9.08. The molecule has 1 heterocycles. The zero-order chi connectivity index (χ0) is 13.8. The van der Waals surface area contributed by atoms with Gasteiger partial charge in [-0.3, -0.25) is 9.59 Å². The van der Waals surface area contributed by atoms with Crippen LogP contribution in [-0.2, 0) is 16.0 Å². The molecule has 2 N–H and O–H groups in total. The fourth-order valence-electron chi connectivity index (χ4n) is 2.13. The van der Waals surface area contributed by atoms with Crippen LogP contribution in [0.5, 0.6) is 0 Å². The van der Waals surface area contributed by atoms with Crippen molar-refractivity contribution >= 4 is 17.5 Å². The molecule has 0 aromatic heterocycles. The number of rotatable bonds is 4. The van der Waals surface area contributed by atoms with Gasteiger partial charge in [0.05, 0.1) is 6.10 Å². The minimum atomic E-state index is -0.590. The van der Waals surface area contributed by atoms with Gasteiger partial charge in [0.25, 0.3) is 0 Å². The SMILES string of the molecule is CC(O)CNC(=O)CN1C(=O)CCc2ccccc21. The monoisotopic (exact) mass is 262 g/mol. The first-order valence-electron chi connectivity index (χ1n) is 6.41. The fraction of sp³-hybridized carbons (Fsp3) is 0.429. The molecule has 1 unspecified atom stereocenters. The number of hydrogen-bond donors (Lipinski definition) is 2. The van der Waals surface area contributed by atoms with E-state index < -0.39 is 6.10 Å². The molecule has 1 atom stereocenters. The van der Waals surface area contributed by atoms with Gasteiger partial charge in [-0.2, -0.15) is 0 Å². The zero-order valence-electron chi connectivity index (χ0n) is 10.9. The molecular weight excluding hydrogens is 244 g/mol. The Balaban J connectivity index is 2.07. The number of nitrogens with zero attached hydrogens (tertiary/aromatic N) is 1. The van der Waals surface area contributed by atoms with E-state index >= 15 is 0 Å². The van der Waals surface area contributed by atoms with Crippen molar-refractivity contribution in [1.82, 2.24) is 5.32 Å². The number of fused-ring (bicyclic) bond motifs is 1. The third kappa shape index (κ3) is 3.32. The summed E-state index contributed by atoms with van der Waals surface area (Å²) in [6.07, 6.45) is 0.565. The summed E-state index contributed by atoms with van der Waals surface area (Å²) in [6.45, 7) is 1.80. The number of hydrogen-bond acceptors (Lipinski definition) is 3. The maximum atomic E-state index is 11.9. The van der Waals surface area contributed by atoms with E-state index in [4.69, 9.17) is 5.11 Å². The van der Waals surface area contributed by atoms with Crippen LogP contribution in [0.25, 0.3) is 0 Å². The topological polar surface area (TPSA) is 69.6 Å². The molecule has 0 radical (unpaired) electrons. The highest BCUT2D eigenvalue weighted by Gasteiger charge is 2.25. The predicted octanol–water partition coefficient (Wildman–Crippen LogP) is 0.463. The number of nitrogens with one attached hydrogen (secondary N) is 1. The summed E-state index contributed by atoms with van der Waals surface area (Å²) >= 11 is 0. The van der Waals surface area contributed by atoms with Crippen LogP contribution in [0.15, 0.2) is 24.3 Å². The minimum Gasteiger partial charge on any atom is -0.392 e. The molecule has 0 fully saturated rings. The molecule has 19 heavy (non-hydrogen) atoms. The lowest BCUT2D eigenvalue weighted by molar-refractivity contribution is -0.124. The zero-order valence-corrected chi connectivity index (χ0v) is 10.9. The second-order valence-corrected chi connectivity index (χ2v) is 4.76. The molecule has 1 aromatic rings. The van der Waals surface area contributed by atoms with Crippen LogP contribution in [0, 0.1) is 0 Å². The normalized spacial score (nSPS) is 15.9. The molecule has 2 rings (SSSR count). The first-order valence-corrected chi connectivity index (χ1v) is 6.41. The van der Waals surface area contributed by atoms with Crippen LogP contribution < -0.4 is 10.2 Å². The summed E-state index contributed by atoms with van der Waals surface area (Å²) in [5.41, 5.74) is 1.90. The molecule has 0 saturated carbocycles. The quantitative estimate of drug-likeness (QED) is 0.828. The number of carbonyl (C=O) groups is 2. The number of carbonyl (C=O) groups excluding carboxylic acids is 2. The molecule has 102 valence electrons. The van der Waals surface area contributed by atoms with Gasteiger partial charge in [0, 0.05) is 18.7 Å². The van der Waals surface area contributed by atoms with Crippen LogP contribution in [0.3, 0.4) is 0 Å². The molecule has 0 aliphatic carbocycles. The number of benzene rings is 1. The lowest BCUT2D eigenvalue weighted by Crippen LogP contribution is -2.44. The van der Waals surface area contributed by atoms with Crippen LogP contribution >= 0.6 is 0 Å². The van der Waals surface area contributed by atoms with Crippen molar-refractivity contribution in [2.24, 2.45) is 0 Å².